The molecule has 0 aromatic carbocycles. The largest absolute Gasteiger partial charge is 0.481 e. The molecule has 0 fully saturated rings. The van der Waals surface area contributed by atoms with Gasteiger partial charge in [-0.2, -0.15) is 12.6 Å². The van der Waals surface area contributed by atoms with Crippen LogP contribution in [-0.4, -0.2) is 85.7 Å². The highest BCUT2D eigenvalue weighted by Crippen LogP contribution is 2.03. The Kier molecular flexibility index (Phi) is 11.5. The Labute approximate surface area is 198 Å². The number of carbonyl (C=O) groups excluding carboxylic acids is 4. The Hall–Kier alpha value is -3.66. The highest BCUT2D eigenvalue weighted by Gasteiger charge is 2.30. The highest BCUT2D eigenvalue weighted by molar-refractivity contribution is 7.80. The van der Waals surface area contributed by atoms with Crippen LogP contribution in [0.15, 0.2) is 12.5 Å². The van der Waals surface area contributed by atoms with Crippen LogP contribution in [0.2, 0.25) is 0 Å². The summed E-state index contributed by atoms with van der Waals surface area (Å²) in [5, 5.41) is 24.9. The zero-order valence-electron chi connectivity index (χ0n) is 17.9. The summed E-state index contributed by atoms with van der Waals surface area (Å²) >= 11 is 4.00. The van der Waals surface area contributed by atoms with Crippen molar-refractivity contribution in [2.45, 2.75) is 49.9 Å². The van der Waals surface area contributed by atoms with Gasteiger partial charge < -0.3 is 42.6 Å². The van der Waals surface area contributed by atoms with Crippen molar-refractivity contribution in [2.75, 3.05) is 5.75 Å². The molecule has 0 saturated carbocycles. The van der Waals surface area contributed by atoms with Crippen LogP contribution < -0.4 is 27.4 Å². The molecule has 188 valence electrons. The lowest BCUT2D eigenvalue weighted by Gasteiger charge is -2.24. The van der Waals surface area contributed by atoms with Crippen molar-refractivity contribution in [2.24, 2.45) is 11.5 Å². The number of carbonyl (C=O) groups is 6. The molecule has 1 rings (SSSR count). The van der Waals surface area contributed by atoms with E-state index in [1.165, 1.54) is 12.5 Å². The maximum Gasteiger partial charge on any atom is 0.326 e. The van der Waals surface area contributed by atoms with Crippen LogP contribution in [0.1, 0.15) is 25.0 Å². The quantitative estimate of drug-likeness (QED) is 0.107. The number of thiol groups is 1. The molecule has 15 nitrogen and oxygen atoms in total. The number of imidazole rings is 1. The van der Waals surface area contributed by atoms with Gasteiger partial charge in [0.1, 0.15) is 18.1 Å². The van der Waals surface area contributed by atoms with E-state index in [0.717, 1.165) is 0 Å². The van der Waals surface area contributed by atoms with E-state index in [0.29, 0.717) is 5.69 Å². The first kappa shape index (κ1) is 28.4. The molecule has 0 bridgehead atoms. The van der Waals surface area contributed by atoms with Crippen molar-refractivity contribution in [1.29, 1.82) is 0 Å². The van der Waals surface area contributed by atoms with Crippen molar-refractivity contribution in [3.05, 3.63) is 18.2 Å². The SMILES string of the molecule is NC(=O)CCC(NC(=O)C(CS)NC(=O)C(Cc1cnc[nH]1)NC(=O)C(N)CC(=O)O)C(=O)O. The Balaban J connectivity index is 2.92. The van der Waals surface area contributed by atoms with E-state index in [1.54, 1.807) is 0 Å². The van der Waals surface area contributed by atoms with Gasteiger partial charge in [0, 0.05) is 30.5 Å². The van der Waals surface area contributed by atoms with Crippen LogP contribution in [0.5, 0.6) is 0 Å². The zero-order valence-corrected chi connectivity index (χ0v) is 18.8. The van der Waals surface area contributed by atoms with Gasteiger partial charge in [0.15, 0.2) is 0 Å². The highest BCUT2D eigenvalue weighted by atomic mass is 32.1. The molecule has 1 aromatic rings. The van der Waals surface area contributed by atoms with Gasteiger partial charge >= 0.3 is 11.9 Å². The van der Waals surface area contributed by atoms with Crippen molar-refractivity contribution >= 4 is 48.2 Å². The summed E-state index contributed by atoms with van der Waals surface area (Å²) in [5.41, 5.74) is 11.0. The number of nitrogens with one attached hydrogen (secondary N) is 4. The van der Waals surface area contributed by atoms with Crippen LogP contribution >= 0.6 is 12.6 Å². The Morgan fingerprint density at radius 1 is 1.00 bits per heavy atom. The van der Waals surface area contributed by atoms with Gasteiger partial charge in [-0.1, -0.05) is 0 Å². The predicted molar refractivity (Wildman–Crippen MR) is 118 cm³/mol. The number of H-pyrrole nitrogens is 1. The van der Waals surface area contributed by atoms with Crippen molar-refractivity contribution in [1.82, 2.24) is 25.9 Å². The van der Waals surface area contributed by atoms with Gasteiger partial charge in [-0.3, -0.25) is 24.0 Å². The molecule has 4 amide bonds. The second-order valence-electron chi connectivity index (χ2n) is 7.19. The molecule has 1 heterocycles. The van der Waals surface area contributed by atoms with Gasteiger partial charge in [-0.15, -0.1) is 0 Å². The van der Waals surface area contributed by atoms with E-state index in [9.17, 15) is 33.9 Å². The number of hydrogen-bond acceptors (Lipinski definition) is 9. The number of hydrogen-bond donors (Lipinski definition) is 9. The van der Waals surface area contributed by atoms with E-state index in [1.807, 2.05) is 0 Å². The van der Waals surface area contributed by atoms with Crippen LogP contribution in [0.25, 0.3) is 0 Å². The fourth-order valence-corrected chi connectivity index (χ4v) is 2.92. The fourth-order valence-electron chi connectivity index (χ4n) is 2.67. The fraction of sp³-hybridized carbons (Fsp3) is 0.500. The summed E-state index contributed by atoms with van der Waals surface area (Å²) in [6.45, 7) is 0. The Morgan fingerprint density at radius 3 is 2.09 bits per heavy atom. The van der Waals surface area contributed by atoms with Crippen molar-refractivity contribution in [3.8, 4) is 0 Å². The van der Waals surface area contributed by atoms with Crippen molar-refractivity contribution in [3.63, 3.8) is 0 Å². The molecular weight excluding hydrogens is 474 g/mol. The molecule has 0 radical (unpaired) electrons. The van der Waals surface area contributed by atoms with E-state index in [4.69, 9.17) is 16.6 Å². The molecule has 0 spiro atoms. The van der Waals surface area contributed by atoms with Crippen LogP contribution in [-0.2, 0) is 35.2 Å². The molecule has 1 aromatic heterocycles. The molecule has 34 heavy (non-hydrogen) atoms. The smallest absolute Gasteiger partial charge is 0.326 e. The summed E-state index contributed by atoms with van der Waals surface area (Å²) in [4.78, 5) is 77.2. The summed E-state index contributed by atoms with van der Waals surface area (Å²) in [6.07, 6.45) is 1.41. The lowest BCUT2D eigenvalue weighted by molar-refractivity contribution is -0.142. The number of carboxylic acid groups (broad SMARTS) is 2. The lowest BCUT2D eigenvalue weighted by Crippen LogP contribution is -2.58. The number of rotatable bonds is 15. The number of carboxylic acids is 2. The number of nitrogens with zero attached hydrogens (tertiary/aromatic N) is 1. The monoisotopic (exact) mass is 501 g/mol. The molecule has 0 aliphatic heterocycles. The third-order valence-corrected chi connectivity index (χ3v) is 4.82. The first-order valence-electron chi connectivity index (χ1n) is 9.92. The summed E-state index contributed by atoms with van der Waals surface area (Å²) in [7, 11) is 0. The normalized spacial score (nSPS) is 14.2. The second-order valence-corrected chi connectivity index (χ2v) is 7.56. The standard InChI is InChI=1S/C18H27N7O8S/c19-9(4-14(27)28)15(29)24-11(3-8-5-21-7-22-8)16(30)25-12(6-34)17(31)23-10(18(32)33)1-2-13(20)26/h5,7,9-12,34H,1-4,6,19H2,(H2,20,26)(H,21,22)(H,23,31)(H,24,29)(H,25,30)(H,27,28)(H,32,33). The second kappa shape index (κ2) is 13.8. The minimum Gasteiger partial charge on any atom is -0.481 e. The summed E-state index contributed by atoms with van der Waals surface area (Å²) < 4.78 is 0. The third-order valence-electron chi connectivity index (χ3n) is 4.45. The number of aromatic nitrogens is 2. The third kappa shape index (κ3) is 9.86. The van der Waals surface area contributed by atoms with Gasteiger partial charge in [0.05, 0.1) is 18.8 Å². The van der Waals surface area contributed by atoms with Gasteiger partial charge in [0.25, 0.3) is 0 Å². The average molecular weight is 502 g/mol. The van der Waals surface area contributed by atoms with Crippen LogP contribution in [0.4, 0.5) is 0 Å². The number of aliphatic carboxylic acids is 2. The maximum absolute atomic E-state index is 12.8. The van der Waals surface area contributed by atoms with Gasteiger partial charge in [-0.05, 0) is 6.42 Å². The van der Waals surface area contributed by atoms with Gasteiger partial charge in [-0.25, -0.2) is 9.78 Å². The van der Waals surface area contributed by atoms with E-state index in [2.05, 4.69) is 38.5 Å². The number of primary amides is 1. The molecule has 0 aliphatic carbocycles. The molecule has 0 aliphatic rings. The minimum atomic E-state index is -1.44. The first-order chi connectivity index (χ1) is 15.9. The molecule has 16 heteroatoms. The van der Waals surface area contributed by atoms with Crippen LogP contribution in [0.3, 0.4) is 0 Å². The van der Waals surface area contributed by atoms with Crippen LogP contribution in [0, 0.1) is 0 Å². The number of aromatic amines is 1. The molecule has 4 unspecified atom stereocenters. The molecule has 0 saturated heterocycles. The van der Waals surface area contributed by atoms with E-state index in [-0.39, 0.29) is 25.0 Å². The van der Waals surface area contributed by atoms with Crippen molar-refractivity contribution < 1.29 is 39.0 Å². The van der Waals surface area contributed by atoms with E-state index < -0.39 is 66.2 Å². The first-order valence-corrected chi connectivity index (χ1v) is 10.6. The Morgan fingerprint density at radius 2 is 1.59 bits per heavy atom. The topological polar surface area (TPSA) is 260 Å². The molecular formula is C18H27N7O8S. The lowest BCUT2D eigenvalue weighted by atomic mass is 10.1. The Bertz CT molecular complexity index is 895. The predicted octanol–water partition coefficient (Wildman–Crippen LogP) is -3.51. The minimum absolute atomic E-state index is 0.103. The van der Waals surface area contributed by atoms with Gasteiger partial charge in [0.2, 0.25) is 23.6 Å². The average Bonchev–Trinajstić information content (AvgIpc) is 3.26. The zero-order chi connectivity index (χ0) is 25.8. The summed E-state index contributed by atoms with van der Waals surface area (Å²) in [6, 6.07) is -5.46. The van der Waals surface area contributed by atoms with E-state index >= 15 is 0 Å². The maximum atomic E-state index is 12.8. The molecule has 10 N–H and O–H groups in total. The summed E-state index contributed by atoms with van der Waals surface area (Å²) in [5.74, 6) is -6.35. The number of amides is 4. The number of nitrogens with two attached hydrogens (primary N) is 2. The molecule has 4 atom stereocenters.